The molecule has 0 aliphatic carbocycles. The molecular weight excluding hydrogens is 452 g/mol. The zero-order valence-corrected chi connectivity index (χ0v) is 19.5. The zero-order chi connectivity index (χ0) is 22.0. The second kappa shape index (κ2) is 9.21. The number of aromatic nitrogens is 3. The van der Waals surface area contributed by atoms with Crippen LogP contribution >= 0.6 is 34.7 Å². The van der Waals surface area contributed by atoms with Gasteiger partial charge in [0.25, 0.3) is 5.22 Å². The maximum Gasteiger partial charge on any atom is 0.277 e. The van der Waals surface area contributed by atoms with Gasteiger partial charge in [-0.15, -0.1) is 21.5 Å². The Morgan fingerprint density at radius 2 is 1.84 bits per heavy atom. The molecule has 2 heterocycles. The number of rotatable bonds is 6. The van der Waals surface area contributed by atoms with Crippen LogP contribution in [0.25, 0.3) is 22.7 Å². The number of thiazole rings is 1. The lowest BCUT2D eigenvalue weighted by Gasteiger charge is -2.08. The number of halogens is 1. The van der Waals surface area contributed by atoms with Crippen molar-refractivity contribution in [1.29, 1.82) is 0 Å². The van der Waals surface area contributed by atoms with Gasteiger partial charge in [0, 0.05) is 21.5 Å². The molecule has 158 valence electrons. The number of aryl methyl sites for hydroxylation is 3. The van der Waals surface area contributed by atoms with E-state index in [1.165, 1.54) is 39.8 Å². The first-order valence-corrected chi connectivity index (χ1v) is 11.7. The van der Waals surface area contributed by atoms with Crippen molar-refractivity contribution in [3.63, 3.8) is 0 Å². The van der Waals surface area contributed by atoms with Gasteiger partial charge in [-0.1, -0.05) is 41.1 Å². The minimum Gasteiger partial charge on any atom is -0.411 e. The maximum absolute atomic E-state index is 12.4. The van der Waals surface area contributed by atoms with E-state index >= 15 is 0 Å². The van der Waals surface area contributed by atoms with Crippen molar-refractivity contribution in [3.8, 4) is 22.7 Å². The molecule has 0 atom stereocenters. The fraction of sp³-hybridized carbons (Fsp3) is 0.182. The number of thioether (sulfide) groups is 1. The molecule has 0 saturated heterocycles. The summed E-state index contributed by atoms with van der Waals surface area (Å²) >= 11 is 8.47. The molecule has 4 aromatic rings. The Kier molecular flexibility index (Phi) is 6.41. The van der Waals surface area contributed by atoms with Gasteiger partial charge in [-0.2, -0.15) is 0 Å². The minimum atomic E-state index is -0.186. The fourth-order valence-electron chi connectivity index (χ4n) is 3.29. The number of amides is 1. The SMILES string of the molecule is Cc1cc(C)c(-c2csc(NC(=O)CSc3nnc(-c4ccc(Cl)cc4)o3)n2)c(C)c1. The van der Waals surface area contributed by atoms with Gasteiger partial charge < -0.3 is 9.73 Å². The summed E-state index contributed by atoms with van der Waals surface area (Å²) in [6.45, 7) is 6.23. The first kappa shape index (κ1) is 21.5. The lowest BCUT2D eigenvalue weighted by atomic mass is 9.98. The largest absolute Gasteiger partial charge is 0.411 e. The van der Waals surface area contributed by atoms with Gasteiger partial charge in [0.05, 0.1) is 11.4 Å². The molecule has 0 aliphatic rings. The zero-order valence-electron chi connectivity index (χ0n) is 17.1. The van der Waals surface area contributed by atoms with Crippen LogP contribution in [-0.4, -0.2) is 26.8 Å². The van der Waals surface area contributed by atoms with E-state index in [1.807, 2.05) is 5.38 Å². The summed E-state index contributed by atoms with van der Waals surface area (Å²) in [4.78, 5) is 16.9. The van der Waals surface area contributed by atoms with Gasteiger partial charge in [-0.3, -0.25) is 4.79 Å². The predicted octanol–water partition coefficient (Wildman–Crippen LogP) is 6.17. The van der Waals surface area contributed by atoms with Crippen LogP contribution in [0.5, 0.6) is 0 Å². The van der Waals surface area contributed by atoms with Gasteiger partial charge in [-0.25, -0.2) is 4.98 Å². The highest BCUT2D eigenvalue weighted by Crippen LogP contribution is 2.31. The molecule has 0 unspecified atom stereocenters. The van der Waals surface area contributed by atoms with Crippen LogP contribution in [0.3, 0.4) is 0 Å². The lowest BCUT2D eigenvalue weighted by Crippen LogP contribution is -2.13. The monoisotopic (exact) mass is 470 g/mol. The van der Waals surface area contributed by atoms with E-state index in [0.29, 0.717) is 21.3 Å². The summed E-state index contributed by atoms with van der Waals surface area (Å²) in [5.41, 5.74) is 6.31. The summed E-state index contributed by atoms with van der Waals surface area (Å²) < 4.78 is 5.61. The first-order chi connectivity index (χ1) is 14.9. The Labute approximate surface area is 193 Å². The molecule has 31 heavy (non-hydrogen) atoms. The van der Waals surface area contributed by atoms with E-state index in [-0.39, 0.29) is 11.7 Å². The third-order valence-electron chi connectivity index (χ3n) is 4.51. The average molecular weight is 471 g/mol. The van der Waals surface area contributed by atoms with E-state index in [0.717, 1.165) is 16.8 Å². The Morgan fingerprint density at radius 1 is 1.13 bits per heavy atom. The minimum absolute atomic E-state index is 0.139. The number of hydrogen-bond acceptors (Lipinski definition) is 7. The summed E-state index contributed by atoms with van der Waals surface area (Å²) in [5.74, 6) is 0.335. The highest BCUT2D eigenvalue weighted by atomic mass is 35.5. The van der Waals surface area contributed by atoms with Crippen LogP contribution in [0.15, 0.2) is 51.4 Å². The van der Waals surface area contributed by atoms with E-state index in [4.69, 9.17) is 16.0 Å². The van der Waals surface area contributed by atoms with Crippen molar-refractivity contribution in [2.24, 2.45) is 0 Å². The number of carbonyl (C=O) groups excluding carboxylic acids is 1. The lowest BCUT2D eigenvalue weighted by molar-refractivity contribution is -0.113. The van der Waals surface area contributed by atoms with Crippen molar-refractivity contribution in [2.45, 2.75) is 26.0 Å². The van der Waals surface area contributed by atoms with E-state index < -0.39 is 0 Å². The van der Waals surface area contributed by atoms with Crippen molar-refractivity contribution in [3.05, 3.63) is 63.5 Å². The van der Waals surface area contributed by atoms with Gasteiger partial charge >= 0.3 is 0 Å². The van der Waals surface area contributed by atoms with Gasteiger partial charge in [0.2, 0.25) is 11.8 Å². The predicted molar refractivity (Wildman–Crippen MR) is 126 cm³/mol. The highest BCUT2D eigenvalue weighted by Gasteiger charge is 2.14. The quantitative estimate of drug-likeness (QED) is 0.339. The van der Waals surface area contributed by atoms with Crippen molar-refractivity contribution < 1.29 is 9.21 Å². The van der Waals surface area contributed by atoms with Crippen LogP contribution in [0.2, 0.25) is 5.02 Å². The molecular formula is C22H19ClN4O2S2. The number of nitrogens with zero attached hydrogens (tertiary/aromatic N) is 3. The standard InChI is InChI=1S/C22H19ClN4O2S2/c1-12-8-13(2)19(14(3)9-12)17-10-30-21(24-17)25-18(28)11-31-22-27-26-20(29-22)15-4-6-16(23)7-5-15/h4-10H,11H2,1-3H3,(H,24,25,28). The number of carbonyl (C=O) groups is 1. The van der Waals surface area contributed by atoms with Crippen molar-refractivity contribution in [2.75, 3.05) is 11.1 Å². The maximum atomic E-state index is 12.4. The van der Waals surface area contributed by atoms with Crippen molar-refractivity contribution in [1.82, 2.24) is 15.2 Å². The molecule has 0 bridgehead atoms. The van der Waals surface area contributed by atoms with E-state index in [1.54, 1.807) is 24.3 Å². The first-order valence-electron chi connectivity index (χ1n) is 9.45. The molecule has 6 nitrogen and oxygen atoms in total. The molecule has 1 N–H and O–H groups in total. The Hall–Kier alpha value is -2.68. The molecule has 0 radical (unpaired) electrons. The summed E-state index contributed by atoms with van der Waals surface area (Å²) in [7, 11) is 0. The molecule has 0 saturated carbocycles. The molecule has 1 amide bonds. The van der Waals surface area contributed by atoms with Crippen LogP contribution in [0, 0.1) is 20.8 Å². The van der Waals surface area contributed by atoms with Crippen LogP contribution in [-0.2, 0) is 4.79 Å². The molecule has 2 aromatic carbocycles. The van der Waals surface area contributed by atoms with Crippen LogP contribution in [0.1, 0.15) is 16.7 Å². The molecule has 4 rings (SSSR count). The van der Waals surface area contributed by atoms with Crippen LogP contribution in [0.4, 0.5) is 5.13 Å². The number of anilines is 1. The van der Waals surface area contributed by atoms with Gasteiger partial charge in [0.1, 0.15) is 0 Å². The fourth-order valence-corrected chi connectivity index (χ4v) is 4.70. The molecule has 2 aromatic heterocycles. The average Bonchev–Trinajstić information content (AvgIpc) is 3.36. The Balaban J connectivity index is 1.37. The second-order valence-corrected chi connectivity index (χ2v) is 9.25. The van der Waals surface area contributed by atoms with E-state index in [2.05, 4.69) is 53.4 Å². The number of benzene rings is 2. The topological polar surface area (TPSA) is 80.9 Å². The normalized spacial score (nSPS) is 11.0. The third kappa shape index (κ3) is 5.15. The highest BCUT2D eigenvalue weighted by molar-refractivity contribution is 7.99. The molecule has 0 spiro atoms. The molecule has 0 fully saturated rings. The smallest absolute Gasteiger partial charge is 0.277 e. The Morgan fingerprint density at radius 3 is 2.55 bits per heavy atom. The molecule has 9 heteroatoms. The Bertz CT molecular complexity index is 1210. The van der Waals surface area contributed by atoms with Gasteiger partial charge in [0.15, 0.2) is 5.13 Å². The summed E-state index contributed by atoms with van der Waals surface area (Å²) in [6.07, 6.45) is 0. The summed E-state index contributed by atoms with van der Waals surface area (Å²) in [5, 5.41) is 14.3. The third-order valence-corrected chi connectivity index (χ3v) is 6.34. The van der Waals surface area contributed by atoms with Crippen molar-refractivity contribution >= 4 is 45.7 Å². The van der Waals surface area contributed by atoms with E-state index in [9.17, 15) is 4.79 Å². The molecule has 0 aliphatic heterocycles. The van der Waals surface area contributed by atoms with Gasteiger partial charge in [-0.05, 0) is 56.2 Å². The number of hydrogen-bond donors (Lipinski definition) is 1. The summed E-state index contributed by atoms with van der Waals surface area (Å²) in [6, 6.07) is 11.4. The number of nitrogens with one attached hydrogen (secondary N) is 1. The van der Waals surface area contributed by atoms with Crippen LogP contribution < -0.4 is 5.32 Å². The second-order valence-electron chi connectivity index (χ2n) is 7.03.